The number of aromatic nitrogens is 2. The summed E-state index contributed by atoms with van der Waals surface area (Å²) in [4.78, 5) is 14.2. The summed E-state index contributed by atoms with van der Waals surface area (Å²) in [6.07, 6.45) is 0. The second kappa shape index (κ2) is 7.80. The van der Waals surface area contributed by atoms with Gasteiger partial charge >= 0.3 is 0 Å². The van der Waals surface area contributed by atoms with E-state index in [1.165, 1.54) is 11.3 Å². The highest BCUT2D eigenvalue weighted by Crippen LogP contribution is 2.25. The van der Waals surface area contributed by atoms with E-state index < -0.39 is 0 Å². The van der Waals surface area contributed by atoms with Crippen molar-refractivity contribution in [3.63, 3.8) is 0 Å². The average molecular weight is 363 g/mol. The molecule has 1 aliphatic heterocycles. The highest BCUT2D eigenvalue weighted by Gasteiger charge is 2.20. The van der Waals surface area contributed by atoms with E-state index in [9.17, 15) is 0 Å². The number of aryl methyl sites for hydroxylation is 1. The fraction of sp³-hybridized carbons (Fsp3) is 0.333. The number of benzene rings is 2. The first-order valence-electron chi connectivity index (χ1n) is 9.43. The van der Waals surface area contributed by atoms with Gasteiger partial charge in [0.05, 0.1) is 12.1 Å². The molecule has 6 heteroatoms. The number of aliphatic hydroxyl groups excluding tert-OH is 1. The smallest absolute Gasteiger partial charge is 0.228 e. The lowest BCUT2D eigenvalue weighted by Crippen LogP contribution is -2.47. The average Bonchev–Trinajstić information content (AvgIpc) is 2.72. The first-order chi connectivity index (χ1) is 13.2. The van der Waals surface area contributed by atoms with Crippen LogP contribution in [0.3, 0.4) is 0 Å². The monoisotopic (exact) mass is 363 g/mol. The molecule has 6 nitrogen and oxygen atoms in total. The third-order valence-corrected chi connectivity index (χ3v) is 4.96. The Bertz CT molecular complexity index is 904. The van der Waals surface area contributed by atoms with Gasteiger partial charge in [-0.1, -0.05) is 29.8 Å². The molecule has 2 aromatic carbocycles. The number of hydrogen-bond acceptors (Lipinski definition) is 6. The van der Waals surface area contributed by atoms with Crippen molar-refractivity contribution < 1.29 is 5.11 Å². The maximum absolute atomic E-state index is 9.15. The van der Waals surface area contributed by atoms with E-state index >= 15 is 0 Å². The van der Waals surface area contributed by atoms with E-state index in [-0.39, 0.29) is 6.61 Å². The molecule has 1 saturated heterocycles. The first kappa shape index (κ1) is 17.5. The van der Waals surface area contributed by atoms with Crippen LogP contribution in [0.5, 0.6) is 0 Å². The SMILES string of the molecule is Cc1ccc(N2CCN(c3nc(NCCO)c4ccccc4n3)CC2)cc1. The van der Waals surface area contributed by atoms with Gasteiger partial charge in [-0.3, -0.25) is 0 Å². The third-order valence-electron chi connectivity index (χ3n) is 4.96. The van der Waals surface area contributed by atoms with Crippen LogP contribution in [0.4, 0.5) is 17.5 Å². The third kappa shape index (κ3) is 3.80. The van der Waals surface area contributed by atoms with E-state index in [1.807, 2.05) is 24.3 Å². The predicted octanol–water partition coefficient (Wildman–Crippen LogP) is 2.67. The Kier molecular flexibility index (Phi) is 5.07. The van der Waals surface area contributed by atoms with Crippen molar-refractivity contribution in [2.24, 2.45) is 0 Å². The van der Waals surface area contributed by atoms with Crippen molar-refractivity contribution >= 4 is 28.4 Å². The van der Waals surface area contributed by atoms with Crippen LogP contribution in [0.15, 0.2) is 48.5 Å². The zero-order valence-corrected chi connectivity index (χ0v) is 15.6. The topological polar surface area (TPSA) is 64.5 Å². The number of para-hydroxylation sites is 1. The van der Waals surface area contributed by atoms with Crippen molar-refractivity contribution in [1.29, 1.82) is 0 Å². The molecule has 0 amide bonds. The molecule has 0 unspecified atom stereocenters. The minimum Gasteiger partial charge on any atom is -0.395 e. The summed E-state index contributed by atoms with van der Waals surface area (Å²) in [5, 5.41) is 13.3. The largest absolute Gasteiger partial charge is 0.395 e. The van der Waals surface area contributed by atoms with E-state index in [4.69, 9.17) is 15.1 Å². The zero-order valence-electron chi connectivity index (χ0n) is 15.6. The Morgan fingerprint density at radius 2 is 1.63 bits per heavy atom. The van der Waals surface area contributed by atoms with Gasteiger partial charge in [0.15, 0.2) is 0 Å². The molecule has 140 valence electrons. The lowest BCUT2D eigenvalue weighted by Gasteiger charge is -2.36. The first-order valence-corrected chi connectivity index (χ1v) is 9.43. The Morgan fingerprint density at radius 3 is 2.37 bits per heavy atom. The van der Waals surface area contributed by atoms with Gasteiger partial charge in [-0.05, 0) is 31.2 Å². The van der Waals surface area contributed by atoms with Crippen LogP contribution in [-0.2, 0) is 0 Å². The molecular weight excluding hydrogens is 338 g/mol. The maximum Gasteiger partial charge on any atom is 0.228 e. The van der Waals surface area contributed by atoms with Gasteiger partial charge in [0.25, 0.3) is 0 Å². The van der Waals surface area contributed by atoms with Crippen molar-refractivity contribution in [2.45, 2.75) is 6.92 Å². The highest BCUT2D eigenvalue weighted by molar-refractivity contribution is 5.90. The molecule has 27 heavy (non-hydrogen) atoms. The summed E-state index contributed by atoms with van der Waals surface area (Å²) in [5.74, 6) is 1.53. The van der Waals surface area contributed by atoms with Gasteiger partial charge in [0.1, 0.15) is 5.82 Å². The molecule has 0 radical (unpaired) electrons. The summed E-state index contributed by atoms with van der Waals surface area (Å²) in [5.41, 5.74) is 3.47. The number of piperazine rings is 1. The molecule has 1 aliphatic rings. The molecule has 0 atom stereocenters. The Balaban J connectivity index is 1.53. The fourth-order valence-electron chi connectivity index (χ4n) is 3.44. The normalized spacial score (nSPS) is 14.6. The number of hydrogen-bond donors (Lipinski definition) is 2. The minimum atomic E-state index is 0.0723. The van der Waals surface area contributed by atoms with Crippen LogP contribution in [0.1, 0.15) is 5.56 Å². The molecule has 4 rings (SSSR count). The summed E-state index contributed by atoms with van der Waals surface area (Å²) in [7, 11) is 0. The van der Waals surface area contributed by atoms with E-state index in [0.717, 1.165) is 48.8 Å². The van der Waals surface area contributed by atoms with E-state index in [2.05, 4.69) is 46.3 Å². The molecule has 2 N–H and O–H groups in total. The summed E-state index contributed by atoms with van der Waals surface area (Å²) in [6.45, 7) is 6.31. The van der Waals surface area contributed by atoms with Gasteiger partial charge in [0.2, 0.25) is 5.95 Å². The van der Waals surface area contributed by atoms with Crippen LogP contribution in [0.25, 0.3) is 10.9 Å². The number of anilines is 3. The quantitative estimate of drug-likeness (QED) is 0.727. The van der Waals surface area contributed by atoms with Gasteiger partial charge in [-0.2, -0.15) is 4.98 Å². The van der Waals surface area contributed by atoms with Crippen molar-refractivity contribution in [1.82, 2.24) is 9.97 Å². The number of aliphatic hydroxyl groups is 1. The second-order valence-corrected chi connectivity index (χ2v) is 6.85. The molecule has 3 aromatic rings. The molecule has 0 spiro atoms. The molecule has 2 heterocycles. The van der Waals surface area contributed by atoms with Crippen LogP contribution < -0.4 is 15.1 Å². The van der Waals surface area contributed by atoms with Gasteiger partial charge < -0.3 is 20.2 Å². The van der Waals surface area contributed by atoms with Crippen molar-refractivity contribution in [2.75, 3.05) is 54.4 Å². The molecular formula is C21H25N5O. The van der Waals surface area contributed by atoms with Gasteiger partial charge in [0, 0.05) is 43.8 Å². The zero-order chi connectivity index (χ0) is 18.6. The Morgan fingerprint density at radius 1 is 0.926 bits per heavy atom. The summed E-state index contributed by atoms with van der Waals surface area (Å²) >= 11 is 0. The van der Waals surface area contributed by atoms with Crippen LogP contribution >= 0.6 is 0 Å². The molecule has 0 aliphatic carbocycles. The second-order valence-electron chi connectivity index (χ2n) is 6.85. The summed E-state index contributed by atoms with van der Waals surface area (Å²) in [6, 6.07) is 16.7. The molecule has 0 bridgehead atoms. The highest BCUT2D eigenvalue weighted by atomic mass is 16.3. The van der Waals surface area contributed by atoms with Crippen molar-refractivity contribution in [3.05, 3.63) is 54.1 Å². The van der Waals surface area contributed by atoms with Crippen LogP contribution in [0, 0.1) is 6.92 Å². The number of nitrogens with zero attached hydrogens (tertiary/aromatic N) is 4. The van der Waals surface area contributed by atoms with E-state index in [0.29, 0.717) is 6.54 Å². The predicted molar refractivity (Wildman–Crippen MR) is 111 cm³/mol. The number of fused-ring (bicyclic) bond motifs is 1. The lowest BCUT2D eigenvalue weighted by molar-refractivity contribution is 0.311. The molecule has 1 aromatic heterocycles. The molecule has 0 saturated carbocycles. The fourth-order valence-corrected chi connectivity index (χ4v) is 3.44. The minimum absolute atomic E-state index is 0.0723. The maximum atomic E-state index is 9.15. The summed E-state index contributed by atoms with van der Waals surface area (Å²) < 4.78 is 0. The standard InChI is InChI=1S/C21H25N5O/c1-16-6-8-17(9-7-16)25-11-13-26(14-12-25)21-23-19-5-3-2-4-18(19)20(24-21)22-10-15-27/h2-9,27H,10-15H2,1H3,(H,22,23,24). The number of rotatable bonds is 5. The van der Waals surface area contributed by atoms with Gasteiger partial charge in [-0.25, -0.2) is 4.98 Å². The molecule has 1 fully saturated rings. The van der Waals surface area contributed by atoms with Crippen LogP contribution in [-0.4, -0.2) is 54.4 Å². The Labute approximate surface area is 159 Å². The van der Waals surface area contributed by atoms with Crippen LogP contribution in [0.2, 0.25) is 0 Å². The lowest BCUT2D eigenvalue weighted by atomic mass is 10.2. The Hall–Kier alpha value is -2.86. The van der Waals surface area contributed by atoms with Crippen molar-refractivity contribution in [3.8, 4) is 0 Å². The van der Waals surface area contributed by atoms with Gasteiger partial charge in [-0.15, -0.1) is 0 Å². The van der Waals surface area contributed by atoms with E-state index in [1.54, 1.807) is 0 Å². The number of nitrogens with one attached hydrogen (secondary N) is 1.